The zero-order valence-corrected chi connectivity index (χ0v) is 13.4. The van der Waals surface area contributed by atoms with E-state index in [-0.39, 0.29) is 5.97 Å². The van der Waals surface area contributed by atoms with Crippen molar-refractivity contribution in [2.24, 2.45) is 0 Å². The topological polar surface area (TPSA) is 50.8 Å². The molecule has 0 aliphatic heterocycles. The molecule has 0 aromatic heterocycles. The third-order valence-electron chi connectivity index (χ3n) is 3.84. The van der Waals surface area contributed by atoms with Gasteiger partial charge in [0.15, 0.2) is 0 Å². The zero-order chi connectivity index (χ0) is 15.0. The Morgan fingerprint density at radius 1 is 1.35 bits per heavy atom. The van der Waals surface area contributed by atoms with E-state index in [1.807, 2.05) is 20.8 Å². The first-order chi connectivity index (χ1) is 9.57. The van der Waals surface area contributed by atoms with E-state index >= 15 is 0 Å². The summed E-state index contributed by atoms with van der Waals surface area (Å²) < 4.78 is 10.4. The third kappa shape index (κ3) is 5.38. The van der Waals surface area contributed by atoms with Crippen molar-refractivity contribution >= 4 is 5.97 Å². The van der Waals surface area contributed by atoms with E-state index in [0.717, 1.165) is 32.7 Å². The molecule has 0 radical (unpaired) electrons. The van der Waals surface area contributed by atoms with Gasteiger partial charge in [-0.05, 0) is 39.7 Å². The van der Waals surface area contributed by atoms with Gasteiger partial charge in [0.1, 0.15) is 5.54 Å². The highest BCUT2D eigenvalue weighted by molar-refractivity contribution is 5.80. The van der Waals surface area contributed by atoms with E-state index in [1.54, 1.807) is 7.11 Å². The number of nitrogens with zero attached hydrogens (tertiary/aromatic N) is 1. The number of nitrogens with one attached hydrogen (secondary N) is 1. The van der Waals surface area contributed by atoms with Gasteiger partial charge >= 0.3 is 5.97 Å². The zero-order valence-electron chi connectivity index (χ0n) is 13.4. The molecule has 1 saturated carbocycles. The SMILES string of the molecule is CCNC(C)(CCN(CCOC)C1CC1)C(=O)OCC. The fraction of sp³-hybridized carbons (Fsp3) is 0.933. The normalized spacial score (nSPS) is 18.1. The maximum absolute atomic E-state index is 12.1. The van der Waals surface area contributed by atoms with Gasteiger partial charge in [0.2, 0.25) is 0 Å². The molecule has 0 aromatic rings. The van der Waals surface area contributed by atoms with E-state index < -0.39 is 5.54 Å². The number of likely N-dealkylation sites (N-methyl/N-ethyl adjacent to an activating group) is 1. The smallest absolute Gasteiger partial charge is 0.326 e. The van der Waals surface area contributed by atoms with Gasteiger partial charge in [0, 0.05) is 26.2 Å². The number of ether oxygens (including phenoxy) is 2. The van der Waals surface area contributed by atoms with Crippen LogP contribution in [0.1, 0.15) is 40.0 Å². The molecule has 1 rings (SSSR count). The first-order valence-electron chi connectivity index (χ1n) is 7.72. The second-order valence-corrected chi connectivity index (χ2v) is 5.59. The number of carbonyl (C=O) groups excluding carboxylic acids is 1. The average Bonchev–Trinajstić information content (AvgIpc) is 3.24. The van der Waals surface area contributed by atoms with Crippen LogP contribution in [0.2, 0.25) is 0 Å². The van der Waals surface area contributed by atoms with E-state index in [9.17, 15) is 4.79 Å². The standard InChI is InChI=1S/C15H30N2O3/c1-5-16-15(3,14(18)20-6-2)9-10-17(11-12-19-4)13-7-8-13/h13,16H,5-12H2,1-4H3. The Balaban J connectivity index is 2.52. The largest absolute Gasteiger partial charge is 0.465 e. The van der Waals surface area contributed by atoms with E-state index in [1.165, 1.54) is 12.8 Å². The van der Waals surface area contributed by atoms with Gasteiger partial charge in [-0.15, -0.1) is 0 Å². The van der Waals surface area contributed by atoms with Crippen molar-refractivity contribution in [2.45, 2.75) is 51.6 Å². The summed E-state index contributed by atoms with van der Waals surface area (Å²) in [5, 5.41) is 3.28. The molecule has 0 aromatic carbocycles. The van der Waals surface area contributed by atoms with Crippen molar-refractivity contribution < 1.29 is 14.3 Å². The number of hydrogen-bond donors (Lipinski definition) is 1. The maximum Gasteiger partial charge on any atom is 0.326 e. The molecule has 5 nitrogen and oxygen atoms in total. The second-order valence-electron chi connectivity index (χ2n) is 5.59. The molecule has 1 fully saturated rings. The van der Waals surface area contributed by atoms with Crippen molar-refractivity contribution in [1.29, 1.82) is 0 Å². The molecular weight excluding hydrogens is 256 g/mol. The Kier molecular flexibility index (Phi) is 7.48. The summed E-state index contributed by atoms with van der Waals surface area (Å²) in [6.45, 7) is 9.57. The van der Waals surface area contributed by atoms with Gasteiger partial charge in [-0.1, -0.05) is 6.92 Å². The lowest BCUT2D eigenvalue weighted by molar-refractivity contribution is -0.151. The number of hydrogen-bond acceptors (Lipinski definition) is 5. The van der Waals surface area contributed by atoms with Gasteiger partial charge < -0.3 is 14.8 Å². The first kappa shape index (κ1) is 17.4. The van der Waals surface area contributed by atoms with E-state index in [0.29, 0.717) is 12.6 Å². The minimum atomic E-state index is -0.592. The molecule has 118 valence electrons. The van der Waals surface area contributed by atoms with Gasteiger partial charge in [0.05, 0.1) is 13.2 Å². The molecule has 0 bridgehead atoms. The predicted octanol–water partition coefficient (Wildman–Crippen LogP) is 1.42. The Morgan fingerprint density at radius 3 is 2.55 bits per heavy atom. The van der Waals surface area contributed by atoms with Crippen molar-refractivity contribution in [3.8, 4) is 0 Å². The summed E-state index contributed by atoms with van der Waals surface area (Å²) in [4.78, 5) is 14.6. The van der Waals surface area contributed by atoms with Crippen LogP contribution in [0.4, 0.5) is 0 Å². The van der Waals surface area contributed by atoms with Crippen LogP contribution in [0, 0.1) is 0 Å². The van der Waals surface area contributed by atoms with Crippen molar-refractivity contribution in [2.75, 3.05) is 40.0 Å². The molecule has 20 heavy (non-hydrogen) atoms. The third-order valence-corrected chi connectivity index (χ3v) is 3.84. The number of methoxy groups -OCH3 is 1. The van der Waals surface area contributed by atoms with Crippen molar-refractivity contribution in [3.05, 3.63) is 0 Å². The molecule has 1 atom stereocenters. The summed E-state index contributed by atoms with van der Waals surface area (Å²) in [6.07, 6.45) is 3.29. The lowest BCUT2D eigenvalue weighted by atomic mass is 9.97. The Hall–Kier alpha value is -0.650. The molecule has 0 amide bonds. The summed E-state index contributed by atoms with van der Waals surface area (Å²) in [5.41, 5.74) is -0.592. The van der Waals surface area contributed by atoms with Gasteiger partial charge in [0.25, 0.3) is 0 Å². The van der Waals surface area contributed by atoms with E-state index in [4.69, 9.17) is 9.47 Å². The van der Waals surface area contributed by atoms with Crippen LogP contribution in [0.25, 0.3) is 0 Å². The van der Waals surface area contributed by atoms with Gasteiger partial charge in [-0.3, -0.25) is 9.69 Å². The molecule has 5 heteroatoms. The fourth-order valence-electron chi connectivity index (χ4n) is 2.44. The molecule has 0 spiro atoms. The number of rotatable bonds is 11. The minimum Gasteiger partial charge on any atom is -0.465 e. The van der Waals surface area contributed by atoms with Gasteiger partial charge in [-0.2, -0.15) is 0 Å². The lowest BCUT2D eigenvalue weighted by Gasteiger charge is -2.31. The summed E-state index contributed by atoms with van der Waals surface area (Å²) in [7, 11) is 1.73. The van der Waals surface area contributed by atoms with Crippen molar-refractivity contribution in [3.63, 3.8) is 0 Å². The summed E-state index contributed by atoms with van der Waals surface area (Å²) in [6, 6.07) is 0.679. The summed E-state index contributed by atoms with van der Waals surface area (Å²) in [5.74, 6) is -0.149. The van der Waals surface area contributed by atoms with Gasteiger partial charge in [-0.25, -0.2) is 0 Å². The quantitative estimate of drug-likeness (QED) is 0.582. The highest BCUT2D eigenvalue weighted by Crippen LogP contribution is 2.27. The molecule has 1 aliphatic carbocycles. The Bertz CT molecular complexity index is 295. The Labute approximate surface area is 123 Å². The van der Waals surface area contributed by atoms with Crippen LogP contribution in [-0.2, 0) is 14.3 Å². The van der Waals surface area contributed by atoms with Crippen LogP contribution in [0.5, 0.6) is 0 Å². The molecular formula is C15H30N2O3. The molecule has 0 saturated heterocycles. The van der Waals surface area contributed by atoms with Crippen LogP contribution < -0.4 is 5.32 Å². The predicted molar refractivity (Wildman–Crippen MR) is 79.8 cm³/mol. The molecule has 0 heterocycles. The molecule has 1 unspecified atom stereocenters. The first-order valence-corrected chi connectivity index (χ1v) is 7.72. The molecule has 1 aliphatic rings. The highest BCUT2D eigenvalue weighted by atomic mass is 16.5. The lowest BCUT2D eigenvalue weighted by Crippen LogP contribution is -2.52. The van der Waals surface area contributed by atoms with Crippen LogP contribution in [0.15, 0.2) is 0 Å². The summed E-state index contributed by atoms with van der Waals surface area (Å²) >= 11 is 0. The monoisotopic (exact) mass is 286 g/mol. The van der Waals surface area contributed by atoms with Crippen LogP contribution >= 0.6 is 0 Å². The van der Waals surface area contributed by atoms with Crippen LogP contribution in [0.3, 0.4) is 0 Å². The van der Waals surface area contributed by atoms with Crippen molar-refractivity contribution in [1.82, 2.24) is 10.2 Å². The number of esters is 1. The Morgan fingerprint density at radius 2 is 2.05 bits per heavy atom. The average molecular weight is 286 g/mol. The fourth-order valence-corrected chi connectivity index (χ4v) is 2.44. The van der Waals surface area contributed by atoms with E-state index in [2.05, 4.69) is 10.2 Å². The highest BCUT2D eigenvalue weighted by Gasteiger charge is 2.36. The maximum atomic E-state index is 12.1. The van der Waals surface area contributed by atoms with Crippen LogP contribution in [-0.4, -0.2) is 62.4 Å². The second kappa shape index (κ2) is 8.60. The molecule has 1 N–H and O–H groups in total. The number of carbonyl (C=O) groups is 1. The minimum absolute atomic E-state index is 0.149.